The second kappa shape index (κ2) is 10.6. The van der Waals surface area contributed by atoms with Crippen LogP contribution in [0.15, 0.2) is 24.3 Å². The number of rotatable bonds is 3. The van der Waals surface area contributed by atoms with Crippen molar-refractivity contribution in [1.29, 1.82) is 0 Å². The molecule has 2 fully saturated rings. The molecule has 0 aromatic carbocycles. The Morgan fingerprint density at radius 2 is 1.21 bits per heavy atom. The van der Waals surface area contributed by atoms with Crippen LogP contribution in [0, 0.1) is 20.8 Å². The van der Waals surface area contributed by atoms with Crippen molar-refractivity contribution in [3.63, 3.8) is 0 Å². The lowest BCUT2D eigenvalue weighted by Crippen LogP contribution is -2.36. The summed E-state index contributed by atoms with van der Waals surface area (Å²) < 4.78 is 10.7. The molecule has 0 unspecified atom stereocenters. The number of aromatic nitrogens is 2. The van der Waals surface area contributed by atoms with Gasteiger partial charge in [-0.1, -0.05) is 6.92 Å². The van der Waals surface area contributed by atoms with Crippen LogP contribution in [0.25, 0.3) is 0 Å². The van der Waals surface area contributed by atoms with Crippen LogP contribution < -0.4 is 9.80 Å². The molecule has 4 rings (SSSR count). The molecule has 2 aromatic heterocycles. The number of nitrogens with zero attached hydrogens (tertiary/aromatic N) is 4. The van der Waals surface area contributed by atoms with Crippen LogP contribution in [0.2, 0.25) is 0 Å². The van der Waals surface area contributed by atoms with E-state index < -0.39 is 0 Å². The second-order valence-corrected chi connectivity index (χ2v) is 7.69. The van der Waals surface area contributed by atoms with E-state index in [1.165, 1.54) is 16.8 Å². The summed E-state index contributed by atoms with van der Waals surface area (Å²) >= 11 is 0. The lowest BCUT2D eigenvalue weighted by molar-refractivity contribution is 0.122. The van der Waals surface area contributed by atoms with Gasteiger partial charge in [-0.25, -0.2) is 9.97 Å². The molecule has 6 heteroatoms. The van der Waals surface area contributed by atoms with Crippen LogP contribution >= 0.6 is 0 Å². The third-order valence-corrected chi connectivity index (χ3v) is 5.13. The smallest absolute Gasteiger partial charge is 0.129 e. The Hall–Kier alpha value is -2.18. The number of pyridine rings is 2. The van der Waals surface area contributed by atoms with Gasteiger partial charge in [0.25, 0.3) is 0 Å². The van der Waals surface area contributed by atoms with E-state index >= 15 is 0 Å². The fraction of sp³-hybridized carbons (Fsp3) is 0.565. The molecule has 0 aliphatic carbocycles. The van der Waals surface area contributed by atoms with Crippen LogP contribution in [0.3, 0.4) is 0 Å². The van der Waals surface area contributed by atoms with E-state index in [4.69, 9.17) is 9.47 Å². The fourth-order valence-electron chi connectivity index (χ4n) is 3.63. The number of anilines is 2. The van der Waals surface area contributed by atoms with E-state index in [-0.39, 0.29) is 0 Å². The minimum atomic E-state index is 0.814. The summed E-state index contributed by atoms with van der Waals surface area (Å²) in [6, 6.07) is 8.55. The Morgan fingerprint density at radius 3 is 1.69 bits per heavy atom. The van der Waals surface area contributed by atoms with Crippen molar-refractivity contribution in [3.05, 3.63) is 46.8 Å². The fourth-order valence-corrected chi connectivity index (χ4v) is 3.63. The van der Waals surface area contributed by atoms with Gasteiger partial charge in [0.15, 0.2) is 0 Å². The Morgan fingerprint density at radius 1 is 0.724 bits per heavy atom. The quantitative estimate of drug-likeness (QED) is 0.791. The van der Waals surface area contributed by atoms with Gasteiger partial charge in [0, 0.05) is 37.6 Å². The lowest BCUT2D eigenvalue weighted by atomic mass is 10.2. The average molecular weight is 399 g/mol. The minimum Gasteiger partial charge on any atom is -0.378 e. The maximum atomic E-state index is 5.34. The Kier molecular flexibility index (Phi) is 7.83. The molecule has 158 valence electrons. The highest BCUT2D eigenvalue weighted by Gasteiger charge is 2.13. The predicted octanol–water partition coefficient (Wildman–Crippen LogP) is 3.32. The Balaban J connectivity index is 0.000000166. The summed E-state index contributed by atoms with van der Waals surface area (Å²) in [6.45, 7) is 15.5. The second-order valence-electron chi connectivity index (χ2n) is 7.69. The van der Waals surface area contributed by atoms with Gasteiger partial charge in [-0.2, -0.15) is 0 Å². The van der Waals surface area contributed by atoms with E-state index in [2.05, 4.69) is 64.8 Å². The highest BCUT2D eigenvalue weighted by atomic mass is 16.5. The molecule has 2 aromatic rings. The maximum absolute atomic E-state index is 5.34. The van der Waals surface area contributed by atoms with Crippen LogP contribution in [0.4, 0.5) is 11.6 Å². The van der Waals surface area contributed by atoms with E-state index in [0.717, 1.165) is 76.4 Å². The highest BCUT2D eigenvalue weighted by Crippen LogP contribution is 2.17. The molecular formula is C23H34N4O2. The molecule has 0 amide bonds. The molecule has 2 aliphatic rings. The number of morpholine rings is 2. The maximum Gasteiger partial charge on any atom is 0.129 e. The third kappa shape index (κ3) is 6.41. The third-order valence-electron chi connectivity index (χ3n) is 5.13. The molecule has 0 radical (unpaired) electrons. The van der Waals surface area contributed by atoms with Crippen molar-refractivity contribution in [2.75, 3.05) is 62.4 Å². The zero-order valence-electron chi connectivity index (χ0n) is 18.3. The minimum absolute atomic E-state index is 0.814. The number of aryl methyl sites for hydroxylation is 4. The molecule has 2 aliphatic heterocycles. The zero-order chi connectivity index (χ0) is 20.6. The van der Waals surface area contributed by atoms with E-state index in [1.807, 2.05) is 6.92 Å². The first-order chi connectivity index (χ1) is 14.0. The van der Waals surface area contributed by atoms with Gasteiger partial charge in [-0.05, 0) is 62.6 Å². The van der Waals surface area contributed by atoms with Crippen LogP contribution in [0.1, 0.15) is 29.4 Å². The van der Waals surface area contributed by atoms with Gasteiger partial charge in [0.2, 0.25) is 0 Å². The van der Waals surface area contributed by atoms with Crippen LogP contribution in [-0.4, -0.2) is 62.6 Å². The van der Waals surface area contributed by atoms with Crippen molar-refractivity contribution in [2.45, 2.75) is 34.1 Å². The van der Waals surface area contributed by atoms with Gasteiger partial charge in [-0.3, -0.25) is 0 Å². The topological polar surface area (TPSA) is 50.7 Å². The van der Waals surface area contributed by atoms with Crippen molar-refractivity contribution in [2.24, 2.45) is 0 Å². The summed E-state index contributed by atoms with van der Waals surface area (Å²) in [4.78, 5) is 13.8. The van der Waals surface area contributed by atoms with Crippen LogP contribution in [0.5, 0.6) is 0 Å². The van der Waals surface area contributed by atoms with Crippen molar-refractivity contribution in [3.8, 4) is 0 Å². The summed E-state index contributed by atoms with van der Waals surface area (Å²) in [5.74, 6) is 2.20. The molecule has 29 heavy (non-hydrogen) atoms. The highest BCUT2D eigenvalue weighted by molar-refractivity contribution is 5.43. The normalized spacial score (nSPS) is 17.0. The first-order valence-corrected chi connectivity index (χ1v) is 10.6. The largest absolute Gasteiger partial charge is 0.378 e. The van der Waals surface area contributed by atoms with Gasteiger partial charge in [0.05, 0.1) is 26.4 Å². The molecule has 0 bridgehead atoms. The van der Waals surface area contributed by atoms with E-state index in [0.29, 0.717) is 0 Å². The molecular weight excluding hydrogens is 364 g/mol. The molecule has 0 atom stereocenters. The molecule has 6 nitrogen and oxygen atoms in total. The number of hydrogen-bond donors (Lipinski definition) is 0. The molecule has 0 N–H and O–H groups in total. The molecule has 4 heterocycles. The van der Waals surface area contributed by atoms with Gasteiger partial charge >= 0.3 is 0 Å². The van der Waals surface area contributed by atoms with Gasteiger partial charge in [0.1, 0.15) is 11.6 Å². The van der Waals surface area contributed by atoms with Crippen molar-refractivity contribution >= 4 is 11.6 Å². The summed E-state index contributed by atoms with van der Waals surface area (Å²) in [5, 5.41) is 0. The standard InChI is InChI=1S/C12H18N2O.C11H16N2O/c1-3-11-8-10(2)9-12(13-11)14-4-6-15-7-5-14;1-9-7-10(2)12-11(8-9)13-3-5-14-6-4-13/h8-9H,3-7H2,1-2H3;7-8H,3-6H2,1-2H3. The van der Waals surface area contributed by atoms with Crippen molar-refractivity contribution < 1.29 is 9.47 Å². The number of hydrogen-bond acceptors (Lipinski definition) is 6. The zero-order valence-corrected chi connectivity index (χ0v) is 18.3. The monoisotopic (exact) mass is 398 g/mol. The Bertz CT molecular complexity index is 764. The van der Waals surface area contributed by atoms with E-state index in [9.17, 15) is 0 Å². The predicted molar refractivity (Wildman–Crippen MR) is 118 cm³/mol. The Labute approximate surface area is 174 Å². The molecule has 2 saturated heterocycles. The van der Waals surface area contributed by atoms with Crippen LogP contribution in [-0.2, 0) is 15.9 Å². The first-order valence-electron chi connectivity index (χ1n) is 10.6. The molecule has 0 saturated carbocycles. The van der Waals surface area contributed by atoms with Gasteiger partial charge < -0.3 is 19.3 Å². The van der Waals surface area contributed by atoms with E-state index in [1.54, 1.807) is 0 Å². The summed E-state index contributed by atoms with van der Waals surface area (Å²) in [7, 11) is 0. The lowest BCUT2D eigenvalue weighted by Gasteiger charge is -2.28. The summed E-state index contributed by atoms with van der Waals surface area (Å²) in [6.07, 6.45) is 0.999. The molecule has 0 spiro atoms. The average Bonchev–Trinajstić information content (AvgIpc) is 2.74. The number of ether oxygens (including phenoxy) is 2. The first kappa shape index (κ1) is 21.5. The summed E-state index contributed by atoms with van der Waals surface area (Å²) in [5.41, 5.74) is 4.84. The van der Waals surface area contributed by atoms with Gasteiger partial charge in [-0.15, -0.1) is 0 Å². The SMILES string of the molecule is CCc1cc(C)cc(N2CCOCC2)n1.Cc1cc(C)nc(N2CCOCC2)c1. The van der Waals surface area contributed by atoms with Crippen molar-refractivity contribution in [1.82, 2.24) is 9.97 Å².